The Morgan fingerprint density at radius 3 is 1.20 bits per heavy atom. The third-order valence-electron chi connectivity index (χ3n) is 19.8. The SMILES string of the molecule is CCOc1ccc([C@@H]2Oc3c(Cl)cc(Cl)cc3C=C2[N+](=O)[O-])cc1OCC.CCOc1ccc([C@@H]2Oc3ccc(Br)cc3C=C2[N+](=O)[O-])cc1OC.CCOc1ccc([C@@H]2Oc3ccccc3C=C2[N+](=O)[O-])cc1OCC.COc1ccc([C@@H]2Oc3ccccc3C=C2[N+](=O)[O-])cc1OC.O=[N+]([O-])C1=Cc2c(ccc3ccccc23)O[C@H]1c1ccc2c(c1)OCO2. The van der Waals surface area contributed by atoms with Gasteiger partial charge in [0.2, 0.25) is 37.3 Å². The van der Waals surface area contributed by atoms with Crippen LogP contribution in [0.2, 0.25) is 10.0 Å². The minimum absolute atomic E-state index is 0.00674. The van der Waals surface area contributed by atoms with Gasteiger partial charge in [-0.1, -0.05) is 136 Å². The van der Waals surface area contributed by atoms with Gasteiger partial charge in [0.1, 0.15) is 28.7 Å². The lowest BCUT2D eigenvalue weighted by Gasteiger charge is -2.24. The van der Waals surface area contributed by atoms with E-state index in [-0.39, 0.29) is 45.2 Å². The summed E-state index contributed by atoms with van der Waals surface area (Å²) in [6.45, 7) is 11.9. The highest BCUT2D eigenvalue weighted by Crippen LogP contribution is 2.49. The van der Waals surface area contributed by atoms with Crippen molar-refractivity contribution >= 4 is 80.3 Å². The monoisotopic (exact) mass is 1820 g/mol. The predicted octanol–water partition coefficient (Wildman–Crippen LogP) is 22.2. The number of fused-ring (bicyclic) bond motifs is 8. The molecule has 126 heavy (non-hydrogen) atoms. The van der Waals surface area contributed by atoms with Gasteiger partial charge < -0.3 is 71.1 Å². The van der Waals surface area contributed by atoms with Gasteiger partial charge in [0.25, 0.3) is 28.5 Å². The maximum atomic E-state index is 11.7. The number of hydrogen-bond acceptors (Lipinski definition) is 25. The number of methoxy groups -OCH3 is 3. The number of ether oxygens (including phenoxy) is 15. The van der Waals surface area contributed by atoms with Crippen LogP contribution >= 0.6 is 39.1 Å². The van der Waals surface area contributed by atoms with Crippen LogP contribution in [0.5, 0.6) is 86.2 Å². The van der Waals surface area contributed by atoms with E-state index in [2.05, 4.69) is 15.9 Å². The van der Waals surface area contributed by atoms with Gasteiger partial charge in [-0.15, -0.1) is 0 Å². The molecule has 0 aliphatic carbocycles. The van der Waals surface area contributed by atoms with Crippen molar-refractivity contribution in [1.29, 1.82) is 0 Å². The third-order valence-corrected chi connectivity index (χ3v) is 20.8. The van der Waals surface area contributed by atoms with E-state index in [0.29, 0.717) is 174 Å². The second-order valence-electron chi connectivity index (χ2n) is 27.6. The van der Waals surface area contributed by atoms with E-state index in [9.17, 15) is 50.6 Å². The van der Waals surface area contributed by atoms with Gasteiger partial charge in [0, 0.05) is 95.5 Å². The quantitative estimate of drug-likeness (QED) is 0.0424. The number of benzene rings is 11. The van der Waals surface area contributed by atoms with E-state index in [0.717, 1.165) is 20.8 Å². The van der Waals surface area contributed by atoms with Crippen LogP contribution in [-0.2, 0) is 0 Å². The average Bonchev–Trinajstić information content (AvgIpc) is 1.07. The first-order valence-electron chi connectivity index (χ1n) is 39.3. The van der Waals surface area contributed by atoms with Crippen LogP contribution in [0.1, 0.15) is 121 Å². The molecule has 0 aromatic heterocycles. The summed E-state index contributed by atoms with van der Waals surface area (Å²) in [5.41, 5.74) is 6.16. The topological polar surface area (TPSA) is 354 Å². The number of nitro groups is 5. The number of rotatable bonds is 23. The Bertz CT molecular complexity index is 6160. The number of halogens is 3. The molecule has 0 N–H and O–H groups in total. The molecule has 0 saturated carbocycles. The predicted molar refractivity (Wildman–Crippen MR) is 473 cm³/mol. The minimum Gasteiger partial charge on any atom is -0.493 e. The fraction of sp³-hybridized carbons (Fsp3) is 0.204. The number of para-hydroxylation sites is 2. The van der Waals surface area contributed by atoms with Crippen molar-refractivity contribution in [2.45, 2.75) is 65.1 Å². The summed E-state index contributed by atoms with van der Waals surface area (Å²) in [4.78, 5) is 55.7. The van der Waals surface area contributed by atoms with Crippen molar-refractivity contribution in [3.05, 3.63) is 355 Å². The zero-order valence-electron chi connectivity index (χ0n) is 68.7. The Kier molecular flexibility index (Phi) is 28.8. The van der Waals surface area contributed by atoms with Gasteiger partial charge in [-0.2, -0.15) is 0 Å². The van der Waals surface area contributed by atoms with Crippen LogP contribution in [0.4, 0.5) is 0 Å². The summed E-state index contributed by atoms with van der Waals surface area (Å²) in [6, 6.07) is 60.5. The molecule has 11 aromatic rings. The van der Waals surface area contributed by atoms with Gasteiger partial charge in [0.05, 0.1) is 84.0 Å². The molecule has 6 heterocycles. The summed E-state index contributed by atoms with van der Waals surface area (Å²) >= 11 is 15.6. The van der Waals surface area contributed by atoms with Gasteiger partial charge in [-0.3, -0.25) is 50.6 Å². The Balaban J connectivity index is 0.000000135. The van der Waals surface area contributed by atoms with Crippen LogP contribution in [0.15, 0.2) is 239 Å². The van der Waals surface area contributed by atoms with Gasteiger partial charge in [0.15, 0.2) is 57.5 Å². The van der Waals surface area contributed by atoms with Crippen molar-refractivity contribution < 1.29 is 95.7 Å². The second kappa shape index (κ2) is 40.6. The molecule has 0 bridgehead atoms. The van der Waals surface area contributed by atoms with E-state index in [1.165, 1.54) is 39.5 Å². The van der Waals surface area contributed by atoms with Crippen LogP contribution < -0.4 is 71.1 Å². The van der Waals surface area contributed by atoms with Crippen LogP contribution in [0.25, 0.3) is 41.2 Å². The molecule has 0 amide bonds. The molecule has 0 spiro atoms. The molecule has 6 aliphatic heterocycles. The molecule has 17 rings (SSSR count). The molecule has 0 unspecified atom stereocenters. The first-order valence-corrected chi connectivity index (χ1v) is 40.8. The molecule has 11 aromatic carbocycles. The Morgan fingerprint density at radius 2 is 0.706 bits per heavy atom. The fourth-order valence-electron chi connectivity index (χ4n) is 14.2. The summed E-state index contributed by atoms with van der Waals surface area (Å²) in [6.07, 6.45) is 3.48. The maximum absolute atomic E-state index is 11.7. The number of hydrogen-bond donors (Lipinski definition) is 0. The van der Waals surface area contributed by atoms with Gasteiger partial charge in [-0.25, -0.2) is 0 Å². The highest BCUT2D eigenvalue weighted by atomic mass is 79.9. The normalized spacial score (nSPS) is 16.0. The molecular formula is C93H80BrCl2N5O25. The summed E-state index contributed by atoms with van der Waals surface area (Å²) in [5.74, 6) is 8.34. The van der Waals surface area contributed by atoms with E-state index in [1.54, 1.807) is 152 Å². The molecule has 0 saturated heterocycles. The van der Waals surface area contributed by atoms with Crippen LogP contribution in [0.3, 0.4) is 0 Å². The van der Waals surface area contributed by atoms with Gasteiger partial charge >= 0.3 is 0 Å². The van der Waals surface area contributed by atoms with E-state index in [4.69, 9.17) is 94.3 Å². The zero-order valence-corrected chi connectivity index (χ0v) is 71.8. The van der Waals surface area contributed by atoms with Crippen LogP contribution in [0, 0.1) is 50.6 Å². The van der Waals surface area contributed by atoms with Crippen molar-refractivity contribution in [3.8, 4) is 86.2 Å². The molecule has 6 aliphatic rings. The van der Waals surface area contributed by atoms with E-state index in [1.807, 2.05) is 101 Å². The van der Waals surface area contributed by atoms with E-state index >= 15 is 0 Å². The maximum Gasteiger partial charge on any atom is 0.291 e. The fourth-order valence-corrected chi connectivity index (χ4v) is 15.1. The first kappa shape index (κ1) is 89.2. The Hall–Kier alpha value is -14.6. The molecule has 33 heteroatoms. The lowest BCUT2D eigenvalue weighted by molar-refractivity contribution is -0.434. The van der Waals surface area contributed by atoms with Crippen LogP contribution in [-0.4, -0.2) is 85.8 Å². The van der Waals surface area contributed by atoms with Crippen molar-refractivity contribution in [2.75, 3.05) is 61.2 Å². The van der Waals surface area contributed by atoms with E-state index < -0.39 is 50.2 Å². The Labute approximate surface area is 739 Å². The standard InChI is InChI=1S/C20H13NO5.C19H17Cl2NO5.C19H19NO5.C18H16BrNO5.C17H15NO5/c22-21(23)16-10-15-14-4-2-1-3-12(14)5-7-17(15)26-20(16)13-6-8-18-19(9-13)25-11-24-18;1-3-25-16-6-5-11(9-17(16)26-4-2)19-15(22(23)24)8-12-7-13(20)10-14(21)18(12)27-19;1-3-23-17-10-9-14(12-18(17)24-4-2)19-15(20(21)22)11-13-7-5-6-8-16(13)25-19;1-3-24-16-6-4-11(10-17(16)23-2)18-14(20(21)22)9-12-8-13(19)5-7-15(12)25-18;1-21-15-8-7-12(10-16(15)22-2)17-13(18(19)20)9-11-5-3-4-6-14(11)23-17/h1-10,20H,11H2;5-10,19H,3-4H2,1-2H3;5-12,19H,3-4H2,1-2H3;4-10,18H,3H2,1-2H3;3-10,17H,1-2H3/t20-;2*19-;18-;17-/m00000/s1. The molecule has 0 fully saturated rings. The highest BCUT2D eigenvalue weighted by molar-refractivity contribution is 9.10. The molecule has 648 valence electrons. The molecular weight excluding hydrogens is 1740 g/mol. The van der Waals surface area contributed by atoms with Crippen molar-refractivity contribution in [3.63, 3.8) is 0 Å². The van der Waals surface area contributed by atoms with Gasteiger partial charge in [-0.05, 0) is 155 Å². The molecule has 5 atom stereocenters. The van der Waals surface area contributed by atoms with Crippen molar-refractivity contribution in [1.82, 2.24) is 0 Å². The smallest absolute Gasteiger partial charge is 0.291 e. The Morgan fingerprint density at radius 1 is 0.341 bits per heavy atom. The highest BCUT2D eigenvalue weighted by Gasteiger charge is 2.40. The van der Waals surface area contributed by atoms with Crippen molar-refractivity contribution in [2.24, 2.45) is 0 Å². The summed E-state index contributed by atoms with van der Waals surface area (Å²) in [5, 5.41) is 60.5. The lowest BCUT2D eigenvalue weighted by atomic mass is 9.97. The third kappa shape index (κ3) is 20.2. The summed E-state index contributed by atoms with van der Waals surface area (Å²) in [7, 11) is 4.58. The summed E-state index contributed by atoms with van der Waals surface area (Å²) < 4.78 is 84.8. The molecule has 30 nitrogen and oxygen atoms in total. The second-order valence-corrected chi connectivity index (χ2v) is 29.4. The largest absolute Gasteiger partial charge is 0.493 e. The average molecular weight is 1820 g/mol. The first-order chi connectivity index (χ1) is 60.9. The zero-order chi connectivity index (χ0) is 89.4. The minimum atomic E-state index is -0.943. The molecule has 0 radical (unpaired) electrons. The lowest BCUT2D eigenvalue weighted by Crippen LogP contribution is -2.20. The number of nitrogens with zero attached hydrogens (tertiary/aromatic N) is 5.